The Hall–Kier alpha value is -2.51. The van der Waals surface area contributed by atoms with Crippen LogP contribution in [0.1, 0.15) is 17.2 Å². The standard InChI is InChI=1S/C17H15NO3/c1-19-14-7-3-12(4-8-14)16-17(11-18,21-16)13-5-9-15(20-2)10-6-13/h3-10,16H,1-2H3. The molecular weight excluding hydrogens is 266 g/mol. The van der Waals surface area contributed by atoms with Gasteiger partial charge in [-0.3, -0.25) is 0 Å². The van der Waals surface area contributed by atoms with E-state index in [-0.39, 0.29) is 6.10 Å². The van der Waals surface area contributed by atoms with Crippen molar-refractivity contribution in [1.29, 1.82) is 5.26 Å². The van der Waals surface area contributed by atoms with E-state index >= 15 is 0 Å². The molecular formula is C17H15NO3. The van der Waals surface area contributed by atoms with E-state index in [0.29, 0.717) is 0 Å². The van der Waals surface area contributed by atoms with E-state index in [1.807, 2.05) is 48.5 Å². The first-order valence-electron chi connectivity index (χ1n) is 6.61. The molecule has 2 aromatic carbocycles. The van der Waals surface area contributed by atoms with Crippen LogP contribution in [0.2, 0.25) is 0 Å². The number of benzene rings is 2. The molecule has 0 aliphatic carbocycles. The summed E-state index contributed by atoms with van der Waals surface area (Å²) in [7, 11) is 3.24. The molecule has 4 heteroatoms. The minimum absolute atomic E-state index is 0.248. The topological polar surface area (TPSA) is 54.8 Å². The third-order valence-corrected chi connectivity index (χ3v) is 3.72. The van der Waals surface area contributed by atoms with Crippen molar-refractivity contribution in [2.24, 2.45) is 0 Å². The average Bonchev–Trinajstić information content (AvgIpc) is 3.31. The molecule has 1 saturated heterocycles. The SMILES string of the molecule is COc1ccc(C2OC2(C#N)c2ccc(OC)cc2)cc1. The summed E-state index contributed by atoms with van der Waals surface area (Å²) in [6.07, 6.45) is -0.248. The van der Waals surface area contributed by atoms with Gasteiger partial charge in [-0.2, -0.15) is 5.26 Å². The molecule has 0 saturated carbocycles. The average molecular weight is 281 g/mol. The summed E-state index contributed by atoms with van der Waals surface area (Å²) in [4.78, 5) is 0. The minimum atomic E-state index is -0.902. The molecule has 1 fully saturated rings. The number of hydrogen-bond acceptors (Lipinski definition) is 4. The van der Waals surface area contributed by atoms with E-state index in [2.05, 4.69) is 6.07 Å². The van der Waals surface area contributed by atoms with Crippen molar-refractivity contribution >= 4 is 0 Å². The van der Waals surface area contributed by atoms with Gasteiger partial charge in [0.25, 0.3) is 0 Å². The molecule has 2 unspecified atom stereocenters. The van der Waals surface area contributed by atoms with Crippen molar-refractivity contribution in [3.8, 4) is 17.6 Å². The number of nitriles is 1. The summed E-state index contributed by atoms with van der Waals surface area (Å²) in [5.74, 6) is 1.54. The predicted molar refractivity (Wildman–Crippen MR) is 77.1 cm³/mol. The second-order valence-corrected chi connectivity index (χ2v) is 4.85. The van der Waals surface area contributed by atoms with Gasteiger partial charge in [0, 0.05) is 5.56 Å². The van der Waals surface area contributed by atoms with Gasteiger partial charge in [0.1, 0.15) is 23.7 Å². The fraction of sp³-hybridized carbons (Fsp3) is 0.235. The molecule has 0 amide bonds. The molecule has 0 spiro atoms. The molecule has 1 heterocycles. The van der Waals surface area contributed by atoms with Crippen LogP contribution in [0.4, 0.5) is 0 Å². The van der Waals surface area contributed by atoms with Crippen LogP contribution in [-0.4, -0.2) is 14.2 Å². The van der Waals surface area contributed by atoms with Gasteiger partial charge in [0.05, 0.1) is 14.2 Å². The lowest BCUT2D eigenvalue weighted by molar-refractivity contribution is 0.339. The molecule has 0 bridgehead atoms. The fourth-order valence-corrected chi connectivity index (χ4v) is 2.44. The summed E-state index contributed by atoms with van der Waals surface area (Å²) >= 11 is 0. The maximum absolute atomic E-state index is 9.54. The second-order valence-electron chi connectivity index (χ2n) is 4.85. The van der Waals surface area contributed by atoms with Gasteiger partial charge in [0.15, 0.2) is 0 Å². The normalized spacial score (nSPS) is 23.2. The van der Waals surface area contributed by atoms with E-state index in [1.54, 1.807) is 14.2 Å². The second kappa shape index (κ2) is 5.12. The third-order valence-electron chi connectivity index (χ3n) is 3.72. The maximum Gasteiger partial charge on any atom is 0.210 e. The number of ether oxygens (including phenoxy) is 3. The molecule has 0 N–H and O–H groups in total. The highest BCUT2D eigenvalue weighted by Gasteiger charge is 2.59. The number of rotatable bonds is 4. The maximum atomic E-state index is 9.54. The Kier molecular flexibility index (Phi) is 3.28. The van der Waals surface area contributed by atoms with Crippen molar-refractivity contribution in [2.75, 3.05) is 14.2 Å². The van der Waals surface area contributed by atoms with Gasteiger partial charge in [0.2, 0.25) is 5.60 Å². The van der Waals surface area contributed by atoms with Crippen LogP contribution in [0.5, 0.6) is 11.5 Å². The molecule has 21 heavy (non-hydrogen) atoms. The highest BCUT2D eigenvalue weighted by molar-refractivity contribution is 5.44. The smallest absolute Gasteiger partial charge is 0.210 e. The predicted octanol–water partition coefficient (Wildman–Crippen LogP) is 3.19. The summed E-state index contributed by atoms with van der Waals surface area (Å²) < 4.78 is 16.0. The van der Waals surface area contributed by atoms with Crippen LogP contribution in [0.25, 0.3) is 0 Å². The van der Waals surface area contributed by atoms with Gasteiger partial charge in [-0.25, -0.2) is 0 Å². The van der Waals surface area contributed by atoms with Crippen molar-refractivity contribution < 1.29 is 14.2 Å². The van der Waals surface area contributed by atoms with Crippen LogP contribution < -0.4 is 9.47 Å². The van der Waals surface area contributed by atoms with Gasteiger partial charge in [-0.15, -0.1) is 0 Å². The zero-order valence-electron chi connectivity index (χ0n) is 11.9. The van der Waals surface area contributed by atoms with Crippen LogP contribution >= 0.6 is 0 Å². The Labute approximate surface area is 123 Å². The van der Waals surface area contributed by atoms with Gasteiger partial charge in [-0.1, -0.05) is 24.3 Å². The van der Waals surface area contributed by atoms with E-state index in [1.165, 1.54) is 0 Å². The minimum Gasteiger partial charge on any atom is -0.497 e. The van der Waals surface area contributed by atoms with E-state index in [9.17, 15) is 5.26 Å². The highest BCUT2D eigenvalue weighted by Crippen LogP contribution is 2.56. The molecule has 2 aromatic rings. The van der Waals surface area contributed by atoms with E-state index < -0.39 is 5.60 Å². The number of epoxide rings is 1. The number of methoxy groups -OCH3 is 2. The fourth-order valence-electron chi connectivity index (χ4n) is 2.44. The summed E-state index contributed by atoms with van der Waals surface area (Å²) in [6, 6.07) is 17.3. The van der Waals surface area contributed by atoms with Crippen LogP contribution in [0.3, 0.4) is 0 Å². The van der Waals surface area contributed by atoms with Gasteiger partial charge in [-0.05, 0) is 29.8 Å². The molecule has 106 valence electrons. The number of nitrogens with zero attached hydrogens (tertiary/aromatic N) is 1. The zero-order valence-corrected chi connectivity index (χ0v) is 11.9. The quantitative estimate of drug-likeness (QED) is 0.808. The first-order chi connectivity index (χ1) is 10.2. The van der Waals surface area contributed by atoms with E-state index in [0.717, 1.165) is 22.6 Å². The molecule has 2 atom stereocenters. The summed E-state index contributed by atoms with van der Waals surface area (Å²) in [5.41, 5.74) is 0.903. The van der Waals surface area contributed by atoms with Gasteiger partial charge >= 0.3 is 0 Å². The molecule has 1 aliphatic heterocycles. The summed E-state index contributed by atoms with van der Waals surface area (Å²) in [6.45, 7) is 0. The van der Waals surface area contributed by atoms with Crippen molar-refractivity contribution in [2.45, 2.75) is 11.7 Å². The Morgan fingerprint density at radius 1 is 0.952 bits per heavy atom. The highest BCUT2D eigenvalue weighted by atomic mass is 16.6. The Balaban J connectivity index is 1.87. The zero-order chi connectivity index (χ0) is 14.9. The number of hydrogen-bond donors (Lipinski definition) is 0. The lowest BCUT2D eigenvalue weighted by Gasteiger charge is -2.06. The third kappa shape index (κ3) is 2.22. The van der Waals surface area contributed by atoms with Crippen molar-refractivity contribution in [3.63, 3.8) is 0 Å². The largest absolute Gasteiger partial charge is 0.497 e. The van der Waals surface area contributed by atoms with Crippen LogP contribution in [-0.2, 0) is 10.3 Å². The first kappa shape index (κ1) is 13.5. The molecule has 0 aromatic heterocycles. The van der Waals surface area contributed by atoms with Crippen molar-refractivity contribution in [3.05, 3.63) is 59.7 Å². The monoisotopic (exact) mass is 281 g/mol. The lowest BCUT2D eigenvalue weighted by Crippen LogP contribution is -2.06. The van der Waals surface area contributed by atoms with Crippen LogP contribution in [0.15, 0.2) is 48.5 Å². The first-order valence-corrected chi connectivity index (χ1v) is 6.61. The molecule has 3 rings (SSSR count). The molecule has 4 nitrogen and oxygen atoms in total. The van der Waals surface area contributed by atoms with E-state index in [4.69, 9.17) is 14.2 Å². The molecule has 1 aliphatic rings. The Morgan fingerprint density at radius 3 is 1.95 bits per heavy atom. The van der Waals surface area contributed by atoms with Crippen LogP contribution in [0, 0.1) is 11.3 Å². The lowest BCUT2D eigenvalue weighted by atomic mass is 9.93. The molecule has 0 radical (unpaired) electrons. The Bertz CT molecular complexity index is 673. The van der Waals surface area contributed by atoms with Gasteiger partial charge < -0.3 is 14.2 Å². The van der Waals surface area contributed by atoms with Crippen molar-refractivity contribution in [1.82, 2.24) is 0 Å². The summed E-state index contributed by atoms with van der Waals surface area (Å²) in [5, 5.41) is 9.54. The Morgan fingerprint density at radius 2 is 1.48 bits per heavy atom.